The lowest BCUT2D eigenvalue weighted by Gasteiger charge is -1.95. The maximum absolute atomic E-state index is 12.6. The average Bonchev–Trinajstić information content (AvgIpc) is 2.83. The van der Waals surface area contributed by atoms with Crippen molar-refractivity contribution < 1.29 is 9.31 Å². The molecule has 0 N–H and O–H groups in total. The normalized spacial score (nSPS) is 25.6. The van der Waals surface area contributed by atoms with Gasteiger partial charge in [0, 0.05) is 24.2 Å². The van der Waals surface area contributed by atoms with E-state index < -0.39 is 11.1 Å². The van der Waals surface area contributed by atoms with Crippen LogP contribution in [0, 0.1) is 10.1 Å². The molecule has 68 valence electrons. The summed E-state index contributed by atoms with van der Waals surface area (Å²) in [4.78, 5) is 13.8. The second-order valence-electron chi connectivity index (χ2n) is 3.05. The number of rotatable bonds is 2. The molecule has 1 aromatic heterocycles. The molecule has 1 aromatic rings. The number of nitrogens with zero attached hydrogens (tertiary/aromatic N) is 2. The summed E-state index contributed by atoms with van der Waals surface area (Å²) in [6, 6.07) is 2.64. The number of pyridine rings is 1. The first-order valence-corrected chi connectivity index (χ1v) is 3.93. The molecule has 1 aliphatic carbocycles. The van der Waals surface area contributed by atoms with E-state index in [2.05, 4.69) is 4.98 Å². The van der Waals surface area contributed by atoms with E-state index in [0.29, 0.717) is 12.1 Å². The van der Waals surface area contributed by atoms with Gasteiger partial charge in [0.05, 0.1) is 10.6 Å². The lowest BCUT2D eigenvalue weighted by Crippen LogP contribution is -1.92. The molecule has 1 heterocycles. The van der Waals surface area contributed by atoms with Crippen molar-refractivity contribution in [3.05, 3.63) is 34.1 Å². The molecule has 0 spiro atoms. The molecule has 0 aliphatic heterocycles. The van der Waals surface area contributed by atoms with E-state index in [1.165, 1.54) is 18.3 Å². The van der Waals surface area contributed by atoms with Gasteiger partial charge in [-0.2, -0.15) is 0 Å². The van der Waals surface area contributed by atoms with E-state index in [-0.39, 0.29) is 11.6 Å². The monoisotopic (exact) mass is 182 g/mol. The molecule has 1 aliphatic rings. The van der Waals surface area contributed by atoms with Gasteiger partial charge < -0.3 is 0 Å². The van der Waals surface area contributed by atoms with Crippen molar-refractivity contribution in [2.75, 3.05) is 0 Å². The molecule has 1 saturated carbocycles. The van der Waals surface area contributed by atoms with Gasteiger partial charge >= 0.3 is 0 Å². The van der Waals surface area contributed by atoms with Gasteiger partial charge in [-0.15, -0.1) is 0 Å². The standard InChI is InChI=1S/C8H7FN2O2/c9-7-4-6(7)8-3-5(11(12)13)1-2-10-8/h1-3,6-7H,4H2. The van der Waals surface area contributed by atoms with Crippen molar-refractivity contribution in [1.29, 1.82) is 0 Å². The molecule has 2 rings (SSSR count). The van der Waals surface area contributed by atoms with Crippen LogP contribution in [0.15, 0.2) is 18.3 Å². The van der Waals surface area contributed by atoms with Crippen LogP contribution >= 0.6 is 0 Å². The van der Waals surface area contributed by atoms with E-state index in [1.54, 1.807) is 0 Å². The largest absolute Gasteiger partial charge is 0.272 e. The molecule has 13 heavy (non-hydrogen) atoms. The number of hydrogen-bond acceptors (Lipinski definition) is 3. The van der Waals surface area contributed by atoms with Gasteiger partial charge in [-0.25, -0.2) is 4.39 Å². The molecule has 4 nitrogen and oxygen atoms in total. The summed E-state index contributed by atoms with van der Waals surface area (Å²) in [6.45, 7) is 0. The SMILES string of the molecule is O=[N+]([O-])c1ccnc(C2CC2F)c1. The predicted octanol–water partition coefficient (Wildman–Crippen LogP) is 1.82. The molecule has 1 fully saturated rings. The van der Waals surface area contributed by atoms with Crippen LogP contribution in [0.25, 0.3) is 0 Å². The Balaban J connectivity index is 2.28. The average molecular weight is 182 g/mol. The Morgan fingerprint density at radius 1 is 1.69 bits per heavy atom. The fourth-order valence-corrected chi connectivity index (χ4v) is 1.22. The molecular formula is C8H7FN2O2. The second kappa shape index (κ2) is 2.76. The molecule has 5 heteroatoms. The first-order chi connectivity index (χ1) is 6.18. The molecule has 2 unspecified atom stereocenters. The summed E-state index contributed by atoms with van der Waals surface area (Å²) in [7, 11) is 0. The minimum absolute atomic E-state index is 0.0240. The minimum Gasteiger partial charge on any atom is -0.260 e. The van der Waals surface area contributed by atoms with Crippen LogP contribution in [0.3, 0.4) is 0 Å². The van der Waals surface area contributed by atoms with Gasteiger partial charge in [-0.1, -0.05) is 0 Å². The van der Waals surface area contributed by atoms with Crippen molar-refractivity contribution in [1.82, 2.24) is 4.98 Å². The maximum atomic E-state index is 12.6. The third-order valence-corrected chi connectivity index (χ3v) is 2.07. The van der Waals surface area contributed by atoms with Gasteiger partial charge in [-0.05, 0) is 6.42 Å². The third-order valence-electron chi connectivity index (χ3n) is 2.07. The van der Waals surface area contributed by atoms with Crippen molar-refractivity contribution in [3.63, 3.8) is 0 Å². The van der Waals surface area contributed by atoms with E-state index >= 15 is 0 Å². The Morgan fingerprint density at radius 2 is 2.38 bits per heavy atom. The Kier molecular flexibility index (Phi) is 1.72. The zero-order valence-electron chi connectivity index (χ0n) is 6.68. The lowest BCUT2D eigenvalue weighted by molar-refractivity contribution is -0.385. The fourth-order valence-electron chi connectivity index (χ4n) is 1.22. The highest BCUT2D eigenvalue weighted by Crippen LogP contribution is 2.42. The quantitative estimate of drug-likeness (QED) is 0.517. The van der Waals surface area contributed by atoms with Crippen molar-refractivity contribution in [3.8, 4) is 0 Å². The van der Waals surface area contributed by atoms with Crippen LogP contribution in [0.5, 0.6) is 0 Å². The molecule has 0 radical (unpaired) electrons. The summed E-state index contributed by atoms with van der Waals surface area (Å²) >= 11 is 0. The third kappa shape index (κ3) is 1.49. The number of hydrogen-bond donors (Lipinski definition) is 0. The summed E-state index contributed by atoms with van der Waals surface area (Å²) in [6.07, 6.45) is 0.918. The molecule has 0 amide bonds. The fraction of sp³-hybridized carbons (Fsp3) is 0.375. The van der Waals surface area contributed by atoms with E-state index in [9.17, 15) is 14.5 Å². The molecule has 2 atom stereocenters. The van der Waals surface area contributed by atoms with Crippen LogP contribution in [0.4, 0.5) is 10.1 Å². The first-order valence-electron chi connectivity index (χ1n) is 3.93. The van der Waals surface area contributed by atoms with E-state index in [0.717, 1.165) is 0 Å². The second-order valence-corrected chi connectivity index (χ2v) is 3.05. The molecule has 0 saturated heterocycles. The highest BCUT2D eigenvalue weighted by atomic mass is 19.1. The van der Waals surface area contributed by atoms with Gasteiger partial charge in [0.15, 0.2) is 0 Å². The summed E-state index contributed by atoms with van der Waals surface area (Å²) in [5.74, 6) is -0.222. The number of halogens is 1. The Hall–Kier alpha value is -1.52. The number of alkyl halides is 1. The van der Waals surface area contributed by atoms with Crippen molar-refractivity contribution in [2.24, 2.45) is 0 Å². The van der Waals surface area contributed by atoms with Crippen LogP contribution < -0.4 is 0 Å². The number of aromatic nitrogens is 1. The Morgan fingerprint density at radius 3 is 2.92 bits per heavy atom. The summed E-state index contributed by atoms with van der Waals surface area (Å²) < 4.78 is 12.6. The Labute approximate surface area is 73.6 Å². The lowest BCUT2D eigenvalue weighted by atomic mass is 10.2. The van der Waals surface area contributed by atoms with Crippen LogP contribution in [0.1, 0.15) is 18.0 Å². The zero-order valence-corrected chi connectivity index (χ0v) is 6.68. The predicted molar refractivity (Wildman–Crippen MR) is 43.1 cm³/mol. The van der Waals surface area contributed by atoms with Gasteiger partial charge in [-0.3, -0.25) is 15.1 Å². The Bertz CT molecular complexity index is 356. The van der Waals surface area contributed by atoms with E-state index in [1.807, 2.05) is 0 Å². The zero-order chi connectivity index (χ0) is 9.42. The molecule has 0 bridgehead atoms. The molecular weight excluding hydrogens is 175 g/mol. The topological polar surface area (TPSA) is 56.0 Å². The summed E-state index contributed by atoms with van der Waals surface area (Å²) in [5.41, 5.74) is 0.464. The van der Waals surface area contributed by atoms with E-state index in [4.69, 9.17) is 0 Å². The van der Waals surface area contributed by atoms with Crippen LogP contribution in [-0.4, -0.2) is 16.1 Å². The summed E-state index contributed by atoms with van der Waals surface area (Å²) in [5, 5.41) is 10.4. The molecule has 0 aromatic carbocycles. The van der Waals surface area contributed by atoms with Crippen LogP contribution in [0.2, 0.25) is 0 Å². The van der Waals surface area contributed by atoms with Gasteiger partial charge in [0.1, 0.15) is 6.17 Å². The maximum Gasteiger partial charge on any atom is 0.272 e. The minimum atomic E-state index is -0.866. The smallest absolute Gasteiger partial charge is 0.260 e. The first kappa shape index (κ1) is 8.10. The highest BCUT2D eigenvalue weighted by Gasteiger charge is 2.40. The van der Waals surface area contributed by atoms with Gasteiger partial charge in [0.2, 0.25) is 0 Å². The van der Waals surface area contributed by atoms with Crippen LogP contribution in [-0.2, 0) is 0 Å². The van der Waals surface area contributed by atoms with Gasteiger partial charge in [0.25, 0.3) is 5.69 Å². The number of nitro groups is 1. The van der Waals surface area contributed by atoms with Crippen molar-refractivity contribution in [2.45, 2.75) is 18.5 Å². The highest BCUT2D eigenvalue weighted by molar-refractivity contribution is 5.33. The van der Waals surface area contributed by atoms with Crippen molar-refractivity contribution >= 4 is 5.69 Å².